The second kappa shape index (κ2) is 4.45. The van der Waals surface area contributed by atoms with Crippen LogP contribution in [0.2, 0.25) is 0 Å². The first-order valence-electron chi connectivity index (χ1n) is 5.29. The first kappa shape index (κ1) is 10.3. The largest absolute Gasteiger partial charge is 0.256 e. The molecule has 74 valence electrons. The van der Waals surface area contributed by atoms with E-state index in [1.807, 2.05) is 0 Å². The number of aromatic nitrogens is 2. The highest BCUT2D eigenvalue weighted by molar-refractivity contribution is 4.85. The van der Waals surface area contributed by atoms with Gasteiger partial charge < -0.3 is 0 Å². The van der Waals surface area contributed by atoms with Crippen LogP contribution in [0.25, 0.3) is 0 Å². The maximum absolute atomic E-state index is 2.36. The van der Waals surface area contributed by atoms with Crippen LogP contribution in [-0.2, 0) is 13.0 Å². The van der Waals surface area contributed by atoms with Crippen molar-refractivity contribution in [2.45, 2.75) is 53.1 Å². The molecule has 0 N–H and O–H groups in total. The molecule has 1 aromatic rings. The molecule has 2 heteroatoms. The number of imidazole rings is 1. The highest BCUT2D eigenvalue weighted by Gasteiger charge is 2.16. The number of aryl methyl sites for hydroxylation is 1. The van der Waals surface area contributed by atoms with E-state index in [0.29, 0.717) is 6.04 Å². The molecular formula is C11H21N2+. The Morgan fingerprint density at radius 2 is 2.08 bits per heavy atom. The van der Waals surface area contributed by atoms with Crippen LogP contribution in [-0.4, -0.2) is 4.57 Å². The van der Waals surface area contributed by atoms with Crippen molar-refractivity contribution in [2.24, 2.45) is 0 Å². The van der Waals surface area contributed by atoms with Crippen LogP contribution in [0.3, 0.4) is 0 Å². The Kier molecular flexibility index (Phi) is 3.52. The molecular weight excluding hydrogens is 160 g/mol. The van der Waals surface area contributed by atoms with Crippen LogP contribution < -0.4 is 4.57 Å². The maximum atomic E-state index is 2.36. The summed E-state index contributed by atoms with van der Waals surface area (Å²) in [6, 6.07) is 0.577. The van der Waals surface area contributed by atoms with Gasteiger partial charge in [-0.25, -0.2) is 9.13 Å². The van der Waals surface area contributed by atoms with E-state index >= 15 is 0 Å². The van der Waals surface area contributed by atoms with Gasteiger partial charge in [0.15, 0.2) is 0 Å². The fourth-order valence-corrected chi connectivity index (χ4v) is 1.77. The molecule has 1 heterocycles. The highest BCUT2D eigenvalue weighted by Crippen LogP contribution is 2.07. The van der Waals surface area contributed by atoms with Crippen LogP contribution in [0.5, 0.6) is 0 Å². The Morgan fingerprint density at radius 1 is 1.38 bits per heavy atom. The Balaban J connectivity index is 2.96. The smallest absolute Gasteiger partial charge is 0.234 e. The minimum absolute atomic E-state index is 0.577. The third-order valence-electron chi connectivity index (χ3n) is 2.37. The summed E-state index contributed by atoms with van der Waals surface area (Å²) in [5.41, 5.74) is 0. The summed E-state index contributed by atoms with van der Waals surface area (Å²) in [6.07, 6.45) is 6.71. The van der Waals surface area contributed by atoms with Crippen molar-refractivity contribution in [3.8, 4) is 0 Å². The standard InChI is InChI=1S/C11H21N2/c1-5-7-12-8-9-13(10(3)4)11(12)6-2/h8-10H,5-7H2,1-4H3/q+1. The fraction of sp³-hybridized carbons (Fsp3) is 0.727. The van der Waals surface area contributed by atoms with E-state index in [2.05, 4.69) is 49.2 Å². The van der Waals surface area contributed by atoms with Crippen molar-refractivity contribution in [2.75, 3.05) is 0 Å². The van der Waals surface area contributed by atoms with E-state index in [0.717, 1.165) is 13.0 Å². The highest BCUT2D eigenvalue weighted by atomic mass is 15.2. The van der Waals surface area contributed by atoms with Gasteiger partial charge in [0, 0.05) is 6.42 Å². The van der Waals surface area contributed by atoms with Crippen molar-refractivity contribution in [3.05, 3.63) is 18.2 Å². The van der Waals surface area contributed by atoms with Crippen LogP contribution in [0.4, 0.5) is 0 Å². The van der Waals surface area contributed by atoms with Gasteiger partial charge in [-0.15, -0.1) is 0 Å². The van der Waals surface area contributed by atoms with Crippen LogP contribution in [0.15, 0.2) is 12.4 Å². The van der Waals surface area contributed by atoms with Gasteiger partial charge in [-0.3, -0.25) is 0 Å². The van der Waals surface area contributed by atoms with Gasteiger partial charge in [-0.05, 0) is 20.3 Å². The lowest BCUT2D eigenvalue weighted by Crippen LogP contribution is -2.36. The van der Waals surface area contributed by atoms with Gasteiger partial charge in [-0.1, -0.05) is 13.8 Å². The van der Waals surface area contributed by atoms with Crippen molar-refractivity contribution in [1.82, 2.24) is 4.57 Å². The van der Waals surface area contributed by atoms with Crippen molar-refractivity contribution >= 4 is 0 Å². The van der Waals surface area contributed by atoms with Gasteiger partial charge in [0.25, 0.3) is 5.82 Å². The second-order valence-corrected chi connectivity index (χ2v) is 3.76. The first-order chi connectivity index (χ1) is 6.20. The van der Waals surface area contributed by atoms with E-state index in [4.69, 9.17) is 0 Å². The maximum Gasteiger partial charge on any atom is 0.256 e. The Hall–Kier alpha value is -0.790. The number of hydrogen-bond acceptors (Lipinski definition) is 0. The quantitative estimate of drug-likeness (QED) is 0.630. The van der Waals surface area contributed by atoms with Gasteiger partial charge in [-0.2, -0.15) is 0 Å². The van der Waals surface area contributed by atoms with E-state index in [1.165, 1.54) is 12.2 Å². The summed E-state index contributed by atoms with van der Waals surface area (Å²) in [7, 11) is 0. The minimum Gasteiger partial charge on any atom is -0.234 e. The van der Waals surface area contributed by atoms with Crippen molar-refractivity contribution in [1.29, 1.82) is 0 Å². The van der Waals surface area contributed by atoms with Gasteiger partial charge in [0.1, 0.15) is 12.4 Å². The molecule has 0 saturated heterocycles. The van der Waals surface area contributed by atoms with E-state index in [-0.39, 0.29) is 0 Å². The summed E-state index contributed by atoms with van der Waals surface area (Å²) in [5.74, 6) is 1.44. The Labute approximate surface area is 81.2 Å². The predicted molar refractivity (Wildman–Crippen MR) is 54.7 cm³/mol. The zero-order valence-corrected chi connectivity index (χ0v) is 9.25. The number of rotatable bonds is 4. The molecule has 0 aromatic carbocycles. The minimum atomic E-state index is 0.577. The predicted octanol–water partition coefficient (Wildman–Crippen LogP) is 2.33. The van der Waals surface area contributed by atoms with E-state index < -0.39 is 0 Å². The van der Waals surface area contributed by atoms with Crippen molar-refractivity contribution < 1.29 is 4.57 Å². The average molecular weight is 181 g/mol. The summed E-state index contributed by atoms with van der Waals surface area (Å²) >= 11 is 0. The van der Waals surface area contributed by atoms with Crippen LogP contribution in [0.1, 0.15) is 46.0 Å². The Morgan fingerprint density at radius 3 is 2.54 bits per heavy atom. The molecule has 0 aliphatic heterocycles. The fourth-order valence-electron chi connectivity index (χ4n) is 1.77. The SMILES string of the molecule is CCC[n+]1ccn(C(C)C)c1CC. The third kappa shape index (κ3) is 2.11. The Bertz CT molecular complexity index is 261. The molecule has 0 unspecified atom stereocenters. The monoisotopic (exact) mass is 181 g/mol. The van der Waals surface area contributed by atoms with Crippen molar-refractivity contribution in [3.63, 3.8) is 0 Å². The molecule has 0 fully saturated rings. The molecule has 0 bridgehead atoms. The van der Waals surface area contributed by atoms with Gasteiger partial charge in [0.05, 0.1) is 12.6 Å². The lowest BCUT2D eigenvalue weighted by molar-refractivity contribution is -0.703. The van der Waals surface area contributed by atoms with Crippen LogP contribution >= 0.6 is 0 Å². The third-order valence-corrected chi connectivity index (χ3v) is 2.37. The molecule has 0 atom stereocenters. The number of hydrogen-bond donors (Lipinski definition) is 0. The second-order valence-electron chi connectivity index (χ2n) is 3.76. The summed E-state index contributed by atoms with van der Waals surface area (Å²) < 4.78 is 4.72. The average Bonchev–Trinajstić information content (AvgIpc) is 2.48. The molecule has 1 aromatic heterocycles. The molecule has 0 radical (unpaired) electrons. The summed E-state index contributed by atoms with van der Waals surface area (Å²) in [4.78, 5) is 0. The topological polar surface area (TPSA) is 8.81 Å². The molecule has 0 spiro atoms. The van der Waals surface area contributed by atoms with Gasteiger partial charge >= 0.3 is 0 Å². The molecule has 2 nitrogen and oxygen atoms in total. The van der Waals surface area contributed by atoms with E-state index in [1.54, 1.807) is 0 Å². The molecule has 0 amide bonds. The molecule has 0 saturated carbocycles. The molecule has 1 rings (SSSR count). The number of nitrogens with zero attached hydrogens (tertiary/aromatic N) is 2. The first-order valence-corrected chi connectivity index (χ1v) is 5.29. The summed E-state index contributed by atoms with van der Waals surface area (Å²) in [6.45, 7) is 10.0. The lowest BCUT2D eigenvalue weighted by atomic mass is 10.3. The molecule has 0 aliphatic carbocycles. The summed E-state index contributed by atoms with van der Waals surface area (Å²) in [5, 5.41) is 0. The zero-order valence-electron chi connectivity index (χ0n) is 9.25. The normalized spacial score (nSPS) is 11.2. The van der Waals surface area contributed by atoms with E-state index in [9.17, 15) is 0 Å². The molecule has 13 heavy (non-hydrogen) atoms. The zero-order chi connectivity index (χ0) is 9.84. The lowest BCUT2D eigenvalue weighted by Gasteiger charge is -2.04. The van der Waals surface area contributed by atoms with Crippen LogP contribution in [0, 0.1) is 0 Å². The van der Waals surface area contributed by atoms with Gasteiger partial charge in [0.2, 0.25) is 0 Å². The molecule has 0 aliphatic rings.